The zero-order chi connectivity index (χ0) is 25.7. The average molecular weight is 556 g/mol. The summed E-state index contributed by atoms with van der Waals surface area (Å²) in [7, 11) is 0. The van der Waals surface area contributed by atoms with E-state index >= 15 is 0 Å². The smallest absolute Gasteiger partial charge is 0.251 e. The lowest BCUT2D eigenvalue weighted by atomic mass is 9.57. The SMILES string of the molecule is Cc1cc(C)c2c(c1)[C@]1(C(=O)N2)N2CCC[C@@H]2[C@H](C(=O)c2ccc(Br)cc2)[C@@]12C(=O)Nc1ccccc12. The Morgan fingerprint density at radius 1 is 0.973 bits per heavy atom. The molecule has 4 atom stereocenters. The second-order valence-electron chi connectivity index (χ2n) is 10.7. The van der Waals surface area contributed by atoms with Crippen LogP contribution in [-0.2, 0) is 20.5 Å². The lowest BCUT2D eigenvalue weighted by Gasteiger charge is -2.43. The zero-order valence-corrected chi connectivity index (χ0v) is 22.2. The summed E-state index contributed by atoms with van der Waals surface area (Å²) in [6, 6.07) is 18.7. The molecule has 186 valence electrons. The summed E-state index contributed by atoms with van der Waals surface area (Å²) in [5.41, 5.74) is 2.76. The maximum Gasteiger partial charge on any atom is 0.251 e. The fraction of sp³-hybridized carbons (Fsp3) is 0.300. The maximum atomic E-state index is 14.6. The number of Topliss-reactive ketones (excluding diaryl/α,β-unsaturated/α-hetero) is 1. The van der Waals surface area contributed by atoms with Crippen molar-refractivity contribution < 1.29 is 14.4 Å². The van der Waals surface area contributed by atoms with Crippen LogP contribution in [0.2, 0.25) is 0 Å². The summed E-state index contributed by atoms with van der Waals surface area (Å²) in [5, 5.41) is 6.26. The Balaban J connectivity index is 1.60. The quantitative estimate of drug-likeness (QED) is 0.432. The molecule has 2 amide bonds. The fourth-order valence-electron chi connectivity index (χ4n) is 7.83. The predicted octanol–water partition coefficient (Wildman–Crippen LogP) is 5.08. The van der Waals surface area contributed by atoms with Gasteiger partial charge in [-0.15, -0.1) is 0 Å². The molecule has 4 aliphatic rings. The minimum absolute atomic E-state index is 0.0984. The lowest BCUT2D eigenvalue weighted by Crippen LogP contribution is -2.62. The van der Waals surface area contributed by atoms with E-state index in [4.69, 9.17) is 0 Å². The van der Waals surface area contributed by atoms with Crippen molar-refractivity contribution in [3.05, 3.63) is 93.0 Å². The van der Waals surface area contributed by atoms with E-state index in [2.05, 4.69) is 31.5 Å². The van der Waals surface area contributed by atoms with E-state index in [0.29, 0.717) is 17.8 Å². The molecule has 0 bridgehead atoms. The number of ketones is 1. The molecule has 4 heterocycles. The van der Waals surface area contributed by atoms with Crippen molar-refractivity contribution in [1.29, 1.82) is 0 Å². The van der Waals surface area contributed by atoms with E-state index in [1.807, 2.05) is 62.4 Å². The first-order valence-electron chi connectivity index (χ1n) is 12.7. The number of para-hydroxylation sites is 1. The molecule has 7 heteroatoms. The van der Waals surface area contributed by atoms with Gasteiger partial charge in [-0.05, 0) is 62.6 Å². The Morgan fingerprint density at radius 3 is 2.51 bits per heavy atom. The summed E-state index contributed by atoms with van der Waals surface area (Å²) in [4.78, 5) is 45.7. The van der Waals surface area contributed by atoms with Crippen molar-refractivity contribution in [2.24, 2.45) is 5.92 Å². The van der Waals surface area contributed by atoms with Crippen LogP contribution in [0.15, 0.2) is 65.1 Å². The first kappa shape index (κ1) is 22.9. The number of amides is 2. The molecule has 2 spiro atoms. The summed E-state index contributed by atoms with van der Waals surface area (Å²) >= 11 is 3.47. The van der Waals surface area contributed by atoms with Crippen LogP contribution in [0.5, 0.6) is 0 Å². The molecular weight excluding hydrogens is 530 g/mol. The Kier molecular flexibility index (Phi) is 4.71. The number of aryl methyl sites for hydroxylation is 2. The number of nitrogens with zero attached hydrogens (tertiary/aromatic N) is 1. The zero-order valence-electron chi connectivity index (χ0n) is 20.6. The van der Waals surface area contributed by atoms with Crippen molar-refractivity contribution in [2.45, 2.75) is 43.7 Å². The molecule has 7 rings (SSSR count). The number of carbonyl (C=O) groups excluding carboxylic acids is 3. The highest BCUT2D eigenvalue weighted by Crippen LogP contribution is 2.68. The minimum atomic E-state index is -1.41. The molecule has 2 fully saturated rings. The molecule has 2 N–H and O–H groups in total. The van der Waals surface area contributed by atoms with Crippen LogP contribution in [0.4, 0.5) is 11.4 Å². The number of hydrogen-bond donors (Lipinski definition) is 2. The Labute approximate surface area is 223 Å². The third-order valence-electron chi connectivity index (χ3n) is 8.96. The number of nitrogens with one attached hydrogen (secondary N) is 2. The van der Waals surface area contributed by atoms with Gasteiger partial charge in [0.15, 0.2) is 5.78 Å². The van der Waals surface area contributed by atoms with Crippen LogP contribution < -0.4 is 10.6 Å². The largest absolute Gasteiger partial charge is 0.325 e. The number of fused-ring (bicyclic) bond motifs is 7. The number of halogens is 1. The molecular formula is C30H26BrN3O3. The molecule has 4 aliphatic heterocycles. The molecule has 0 unspecified atom stereocenters. The minimum Gasteiger partial charge on any atom is -0.325 e. The van der Waals surface area contributed by atoms with E-state index in [0.717, 1.165) is 45.3 Å². The van der Waals surface area contributed by atoms with Crippen molar-refractivity contribution in [3.8, 4) is 0 Å². The van der Waals surface area contributed by atoms with Crippen molar-refractivity contribution in [2.75, 3.05) is 17.2 Å². The molecule has 3 aromatic carbocycles. The molecule has 0 radical (unpaired) electrons. The molecule has 37 heavy (non-hydrogen) atoms. The van der Waals surface area contributed by atoms with Gasteiger partial charge in [0.1, 0.15) is 11.0 Å². The summed E-state index contributed by atoms with van der Waals surface area (Å²) in [6.45, 7) is 4.65. The molecule has 0 aromatic heterocycles. The first-order valence-corrected chi connectivity index (χ1v) is 13.5. The average Bonchev–Trinajstić information content (AvgIpc) is 3.59. The molecule has 3 aromatic rings. The van der Waals surface area contributed by atoms with Crippen molar-refractivity contribution in [3.63, 3.8) is 0 Å². The van der Waals surface area contributed by atoms with Gasteiger partial charge in [0.2, 0.25) is 5.91 Å². The number of hydrogen-bond acceptors (Lipinski definition) is 4. The van der Waals surface area contributed by atoms with Crippen molar-refractivity contribution >= 4 is 44.9 Å². The van der Waals surface area contributed by atoms with Gasteiger partial charge in [-0.2, -0.15) is 0 Å². The second-order valence-corrected chi connectivity index (χ2v) is 11.6. The van der Waals surface area contributed by atoms with Crippen LogP contribution in [0, 0.1) is 19.8 Å². The summed E-state index contributed by atoms with van der Waals surface area (Å²) < 4.78 is 0.878. The third kappa shape index (κ3) is 2.61. The van der Waals surface area contributed by atoms with Crippen molar-refractivity contribution in [1.82, 2.24) is 4.90 Å². The third-order valence-corrected chi connectivity index (χ3v) is 9.49. The van der Waals surface area contributed by atoms with Crippen LogP contribution in [0.3, 0.4) is 0 Å². The topological polar surface area (TPSA) is 78.5 Å². The number of anilines is 2. The van der Waals surface area contributed by atoms with Crippen LogP contribution in [-0.4, -0.2) is 35.1 Å². The summed E-state index contributed by atoms with van der Waals surface area (Å²) in [5.74, 6) is -1.32. The monoisotopic (exact) mass is 555 g/mol. The van der Waals surface area contributed by atoms with E-state index in [1.165, 1.54) is 0 Å². The first-order chi connectivity index (χ1) is 17.8. The van der Waals surface area contributed by atoms with Crippen LogP contribution >= 0.6 is 15.9 Å². The fourth-order valence-corrected chi connectivity index (χ4v) is 8.09. The van der Waals surface area contributed by atoms with Crippen LogP contribution in [0.1, 0.15) is 45.5 Å². The predicted molar refractivity (Wildman–Crippen MR) is 145 cm³/mol. The second kappa shape index (κ2) is 7.62. The van der Waals surface area contributed by atoms with Gasteiger partial charge in [0.25, 0.3) is 5.91 Å². The lowest BCUT2D eigenvalue weighted by molar-refractivity contribution is -0.137. The number of rotatable bonds is 2. The van der Waals surface area contributed by atoms with Gasteiger partial charge >= 0.3 is 0 Å². The Hall–Kier alpha value is -3.29. The Bertz CT molecular complexity index is 1530. The van der Waals surface area contributed by atoms with Gasteiger partial charge < -0.3 is 10.6 Å². The van der Waals surface area contributed by atoms with Gasteiger partial charge in [-0.3, -0.25) is 19.3 Å². The molecule has 0 aliphatic carbocycles. The van der Waals surface area contributed by atoms with E-state index in [1.54, 1.807) is 12.1 Å². The maximum absolute atomic E-state index is 14.6. The standard InChI is InChI=1S/C30H26BrN3O3/c1-16-14-17(2)25-21(15-16)30(28(37)33-25)29(20-6-3-4-7-22(20)32-27(29)36)24(23-8-5-13-34(23)30)26(35)18-9-11-19(31)12-10-18/h3-4,6-7,9-12,14-15,23-24H,5,8,13H2,1-2H3,(H,32,36)(H,33,37)/t23-,24-,29+,30-/m1/s1. The summed E-state index contributed by atoms with van der Waals surface area (Å²) in [6.07, 6.45) is 1.61. The number of carbonyl (C=O) groups is 3. The van der Waals surface area contributed by atoms with Gasteiger partial charge in [0, 0.05) is 33.0 Å². The molecule has 2 saturated heterocycles. The molecule has 6 nitrogen and oxygen atoms in total. The van der Waals surface area contributed by atoms with Gasteiger partial charge in [-0.25, -0.2) is 0 Å². The van der Waals surface area contributed by atoms with E-state index in [9.17, 15) is 14.4 Å². The van der Waals surface area contributed by atoms with E-state index < -0.39 is 16.9 Å². The van der Waals surface area contributed by atoms with Gasteiger partial charge in [0.05, 0.1) is 5.92 Å². The Morgan fingerprint density at radius 2 is 1.73 bits per heavy atom. The van der Waals surface area contributed by atoms with Crippen LogP contribution in [0.25, 0.3) is 0 Å². The van der Waals surface area contributed by atoms with E-state index in [-0.39, 0.29) is 23.6 Å². The highest BCUT2D eigenvalue weighted by Gasteiger charge is 2.81. The van der Waals surface area contributed by atoms with Gasteiger partial charge in [-0.1, -0.05) is 64.0 Å². The highest BCUT2D eigenvalue weighted by molar-refractivity contribution is 9.10. The molecule has 0 saturated carbocycles. The number of benzene rings is 3. The highest BCUT2D eigenvalue weighted by atomic mass is 79.9. The normalized spacial score (nSPS) is 29.4.